The van der Waals surface area contributed by atoms with Crippen molar-refractivity contribution in [3.63, 3.8) is 0 Å². The number of hydrogen-bond acceptors (Lipinski definition) is 8. The summed E-state index contributed by atoms with van der Waals surface area (Å²) >= 11 is 0. The van der Waals surface area contributed by atoms with E-state index in [4.69, 9.17) is 9.57 Å². The van der Waals surface area contributed by atoms with Crippen LogP contribution in [0.4, 0.5) is 5.69 Å². The third kappa shape index (κ3) is 7.56. The molecule has 2 amide bonds. The summed E-state index contributed by atoms with van der Waals surface area (Å²) in [6.45, 7) is 10.4. The molecular formula is C43H58N4O6. The lowest BCUT2D eigenvalue weighted by molar-refractivity contribution is -0.183. The number of nitrogens with zero attached hydrogens (tertiary/aromatic N) is 2. The van der Waals surface area contributed by atoms with Gasteiger partial charge < -0.3 is 30.5 Å². The van der Waals surface area contributed by atoms with E-state index in [-0.39, 0.29) is 42.5 Å². The monoisotopic (exact) mass is 726 g/mol. The molecule has 7 rings (SSSR count). The zero-order chi connectivity index (χ0) is 38.2. The Bertz CT molecular complexity index is 1760. The SMILES string of the molecule is CC[C@H](NC(=O)c1cc(-c2cccc(CN3O[C@@H](CO)[C@@H]([C@H](C)O)[C@H]3C(=O)N[C@H]3C[C@H]4C[C@@H]([C@@H]3C)C4(C)C)c2OC)cc(N(C)C)c1)c1ccccc1. The molecule has 0 aromatic heterocycles. The summed E-state index contributed by atoms with van der Waals surface area (Å²) in [5, 5.41) is 29.5. The zero-order valence-corrected chi connectivity index (χ0v) is 32.5. The van der Waals surface area contributed by atoms with E-state index in [1.807, 2.05) is 85.7 Å². The van der Waals surface area contributed by atoms with Crippen LogP contribution in [0.2, 0.25) is 0 Å². The van der Waals surface area contributed by atoms with Crippen LogP contribution in [0.1, 0.15) is 81.4 Å². The molecule has 1 saturated heterocycles. The van der Waals surface area contributed by atoms with Gasteiger partial charge >= 0.3 is 0 Å². The lowest BCUT2D eigenvalue weighted by Gasteiger charge is -2.62. The van der Waals surface area contributed by atoms with Crippen LogP contribution in [0.3, 0.4) is 0 Å². The molecule has 4 aliphatic rings. The molecule has 10 heteroatoms. The van der Waals surface area contributed by atoms with Gasteiger partial charge in [-0.15, -0.1) is 0 Å². The van der Waals surface area contributed by atoms with Gasteiger partial charge in [-0.2, -0.15) is 5.06 Å². The van der Waals surface area contributed by atoms with Gasteiger partial charge in [0.2, 0.25) is 5.91 Å². The number of amides is 2. The molecule has 1 heterocycles. The summed E-state index contributed by atoms with van der Waals surface area (Å²) in [5.41, 5.74) is 5.05. The zero-order valence-electron chi connectivity index (χ0n) is 32.5. The molecule has 0 radical (unpaired) electrons. The van der Waals surface area contributed by atoms with Crippen LogP contribution in [0.25, 0.3) is 11.1 Å². The first-order valence-electron chi connectivity index (χ1n) is 19.2. The van der Waals surface area contributed by atoms with Crippen molar-refractivity contribution >= 4 is 17.5 Å². The molecule has 4 N–H and O–H groups in total. The fourth-order valence-corrected chi connectivity index (χ4v) is 9.33. The van der Waals surface area contributed by atoms with Gasteiger partial charge in [0.1, 0.15) is 17.9 Å². The highest BCUT2D eigenvalue weighted by molar-refractivity contribution is 5.97. The van der Waals surface area contributed by atoms with Crippen molar-refractivity contribution in [2.45, 2.75) is 90.8 Å². The summed E-state index contributed by atoms with van der Waals surface area (Å²) in [7, 11) is 5.49. The van der Waals surface area contributed by atoms with Crippen molar-refractivity contribution in [1.82, 2.24) is 15.7 Å². The maximum absolute atomic E-state index is 14.3. The third-order valence-corrected chi connectivity index (χ3v) is 12.6. The Hall–Kier alpha value is -3.96. The van der Waals surface area contributed by atoms with E-state index in [0.717, 1.165) is 40.8 Å². The van der Waals surface area contributed by atoms with Crippen LogP contribution in [-0.4, -0.2) is 79.2 Å². The largest absolute Gasteiger partial charge is 0.496 e. The Kier molecular flexibility index (Phi) is 11.5. The van der Waals surface area contributed by atoms with Gasteiger partial charge in [-0.05, 0) is 78.7 Å². The van der Waals surface area contributed by atoms with Crippen molar-refractivity contribution in [2.24, 2.45) is 29.1 Å². The Labute approximate surface area is 314 Å². The fourth-order valence-electron chi connectivity index (χ4n) is 9.33. The average Bonchev–Trinajstić information content (AvgIpc) is 3.53. The number of benzene rings is 3. The van der Waals surface area contributed by atoms with Crippen LogP contribution in [0, 0.1) is 29.1 Å². The summed E-state index contributed by atoms with van der Waals surface area (Å²) in [5.74, 6) is 1.03. The number of anilines is 1. The first-order valence-corrected chi connectivity index (χ1v) is 19.2. The van der Waals surface area contributed by atoms with E-state index in [1.165, 1.54) is 6.42 Å². The van der Waals surface area contributed by atoms with Gasteiger partial charge in [-0.3, -0.25) is 14.4 Å². The van der Waals surface area contributed by atoms with E-state index >= 15 is 0 Å². The maximum atomic E-state index is 14.3. The predicted octanol–water partition coefficient (Wildman–Crippen LogP) is 5.97. The van der Waals surface area contributed by atoms with Crippen molar-refractivity contribution in [2.75, 3.05) is 32.7 Å². The number of hydroxylamine groups is 2. The quantitative estimate of drug-likeness (QED) is 0.170. The van der Waals surface area contributed by atoms with Gasteiger partial charge in [0.15, 0.2) is 0 Å². The number of rotatable bonds is 13. The predicted molar refractivity (Wildman–Crippen MR) is 207 cm³/mol. The molecule has 53 heavy (non-hydrogen) atoms. The minimum Gasteiger partial charge on any atom is -0.496 e. The lowest BCUT2D eigenvalue weighted by Crippen LogP contribution is -2.62. The van der Waals surface area contributed by atoms with Gasteiger partial charge in [0, 0.05) is 48.4 Å². The number of nitrogens with one attached hydrogen (secondary N) is 2. The van der Waals surface area contributed by atoms with E-state index in [2.05, 4.69) is 38.3 Å². The number of methoxy groups -OCH3 is 1. The highest BCUT2D eigenvalue weighted by atomic mass is 16.7. The molecule has 3 aromatic rings. The Morgan fingerprint density at radius 2 is 1.81 bits per heavy atom. The first kappa shape index (κ1) is 38.8. The van der Waals surface area contributed by atoms with E-state index in [9.17, 15) is 19.8 Å². The molecule has 3 saturated carbocycles. The normalized spacial score (nSPS) is 27.3. The Balaban J connectivity index is 1.29. The molecule has 286 valence electrons. The summed E-state index contributed by atoms with van der Waals surface area (Å²) in [4.78, 5) is 36.3. The van der Waals surface area contributed by atoms with Crippen LogP contribution in [0.5, 0.6) is 5.75 Å². The van der Waals surface area contributed by atoms with Crippen LogP contribution < -0.4 is 20.3 Å². The van der Waals surface area contributed by atoms with Crippen molar-refractivity contribution < 1.29 is 29.4 Å². The fraction of sp³-hybridized carbons (Fsp3) is 0.535. The van der Waals surface area contributed by atoms with Gasteiger partial charge in [-0.1, -0.05) is 76.2 Å². The second kappa shape index (κ2) is 15.8. The second-order valence-electron chi connectivity index (χ2n) is 16.2. The van der Waals surface area contributed by atoms with Gasteiger partial charge in [0.05, 0.1) is 32.4 Å². The maximum Gasteiger partial charge on any atom is 0.251 e. The van der Waals surface area contributed by atoms with Crippen LogP contribution in [0.15, 0.2) is 66.7 Å². The molecule has 3 aromatic carbocycles. The second-order valence-corrected chi connectivity index (χ2v) is 16.2. The third-order valence-electron chi connectivity index (χ3n) is 12.6. The molecule has 4 fully saturated rings. The molecule has 0 unspecified atom stereocenters. The smallest absolute Gasteiger partial charge is 0.251 e. The average molecular weight is 727 g/mol. The van der Waals surface area contributed by atoms with Crippen molar-refractivity contribution in [1.29, 1.82) is 0 Å². The summed E-state index contributed by atoms with van der Waals surface area (Å²) < 4.78 is 6.08. The first-order chi connectivity index (χ1) is 25.3. The molecule has 9 atom stereocenters. The Morgan fingerprint density at radius 3 is 2.42 bits per heavy atom. The van der Waals surface area contributed by atoms with E-state index in [0.29, 0.717) is 29.1 Å². The molecule has 10 nitrogen and oxygen atoms in total. The van der Waals surface area contributed by atoms with E-state index in [1.54, 1.807) is 19.1 Å². The standard InChI is InChI=1S/C43H58N4O6/c1-9-35(27-14-11-10-12-15-27)44-41(50)30-18-29(19-32(20-30)46(6)7)33-17-13-16-28(40(33)52-8)23-47-39(38(26(3)49)37(24-48)53-47)42(51)45-36-22-31-21-34(25(36)2)43(31,4)5/h10-20,25-26,31,34-39,48-49H,9,21-24H2,1-8H3,(H,44,50)(H,45,51)/t25-,26-,31+,34-,35-,36-,37-,38+,39-/m0/s1. The highest BCUT2D eigenvalue weighted by Crippen LogP contribution is 2.61. The number of fused-ring (bicyclic) bond motifs is 2. The molecular weight excluding hydrogens is 668 g/mol. The number of para-hydroxylation sites is 1. The highest BCUT2D eigenvalue weighted by Gasteiger charge is 2.57. The topological polar surface area (TPSA) is 124 Å². The summed E-state index contributed by atoms with van der Waals surface area (Å²) in [6.07, 6.45) is 1.23. The van der Waals surface area contributed by atoms with E-state index < -0.39 is 24.2 Å². The molecule has 2 bridgehead atoms. The number of hydrogen-bond donors (Lipinski definition) is 4. The minimum absolute atomic E-state index is 0.0393. The van der Waals surface area contributed by atoms with Gasteiger partial charge in [0.25, 0.3) is 5.91 Å². The summed E-state index contributed by atoms with van der Waals surface area (Å²) in [6, 6.07) is 20.6. The number of ether oxygens (including phenoxy) is 1. The van der Waals surface area contributed by atoms with Crippen LogP contribution in [-0.2, 0) is 16.2 Å². The molecule has 0 spiro atoms. The van der Waals surface area contributed by atoms with Crippen molar-refractivity contribution in [3.05, 3.63) is 83.4 Å². The Morgan fingerprint density at radius 1 is 1.08 bits per heavy atom. The molecule has 3 aliphatic carbocycles. The number of aliphatic hydroxyl groups is 2. The lowest BCUT2D eigenvalue weighted by atomic mass is 9.45. The minimum atomic E-state index is -0.898. The number of carbonyl (C=O) groups excluding carboxylic acids is 2. The van der Waals surface area contributed by atoms with Gasteiger partial charge in [-0.25, -0.2) is 0 Å². The number of carbonyl (C=O) groups is 2. The van der Waals surface area contributed by atoms with Crippen molar-refractivity contribution in [3.8, 4) is 16.9 Å². The van der Waals surface area contributed by atoms with Crippen LogP contribution >= 0.6 is 0 Å². The molecule has 1 aliphatic heterocycles. The number of aliphatic hydroxyl groups excluding tert-OH is 2.